The van der Waals surface area contributed by atoms with Gasteiger partial charge in [-0.2, -0.15) is 5.10 Å². The van der Waals surface area contributed by atoms with Crippen molar-refractivity contribution >= 4 is 28.8 Å². The Morgan fingerprint density at radius 1 is 1.14 bits per heavy atom. The minimum Gasteiger partial charge on any atom is -0.395 e. The predicted molar refractivity (Wildman–Crippen MR) is 114 cm³/mol. The minimum absolute atomic E-state index is 0.0251. The number of hydrogen-bond donors (Lipinski definition) is 4. The molecule has 1 atom stereocenters. The first kappa shape index (κ1) is 19.5. The quantitative estimate of drug-likeness (QED) is 0.358. The number of nitrogens with one attached hydrogen (secondary N) is 2. The molecule has 0 aliphatic heterocycles. The number of H-pyrrole nitrogens is 1. The topological polar surface area (TPSA) is 107 Å². The highest BCUT2D eigenvalue weighted by molar-refractivity contribution is 7.19. The first-order valence-electron chi connectivity index (χ1n) is 8.90. The number of anilines is 1. The second kappa shape index (κ2) is 8.71. The molecule has 3 heterocycles. The third-order valence-corrected chi connectivity index (χ3v) is 5.77. The summed E-state index contributed by atoms with van der Waals surface area (Å²) in [6.07, 6.45) is 2.37. The van der Waals surface area contributed by atoms with Crippen LogP contribution in [-0.2, 0) is 0 Å². The van der Waals surface area contributed by atoms with Crippen LogP contribution in [0.3, 0.4) is 0 Å². The van der Waals surface area contributed by atoms with Crippen molar-refractivity contribution < 1.29 is 10.2 Å². The zero-order valence-corrected chi connectivity index (χ0v) is 16.8. The lowest BCUT2D eigenvalue weighted by Crippen LogP contribution is -2.06. The van der Waals surface area contributed by atoms with Crippen LogP contribution >= 0.6 is 22.9 Å². The summed E-state index contributed by atoms with van der Waals surface area (Å²) in [5.74, 6) is 1.20. The molecule has 0 saturated carbocycles. The molecule has 4 N–H and O–H groups in total. The fourth-order valence-corrected chi connectivity index (χ4v) is 4.19. The lowest BCUT2D eigenvalue weighted by Gasteiger charge is -2.11. The number of nitrogens with zero attached hydrogens (tertiary/aromatic N) is 3. The van der Waals surface area contributed by atoms with E-state index in [9.17, 15) is 5.11 Å². The average molecular weight is 428 g/mol. The van der Waals surface area contributed by atoms with Crippen LogP contribution < -0.4 is 5.32 Å². The van der Waals surface area contributed by atoms with Crippen molar-refractivity contribution in [3.8, 4) is 21.1 Å². The molecule has 29 heavy (non-hydrogen) atoms. The van der Waals surface area contributed by atoms with Crippen molar-refractivity contribution in [2.24, 2.45) is 0 Å². The van der Waals surface area contributed by atoms with E-state index in [1.807, 2.05) is 18.2 Å². The van der Waals surface area contributed by atoms with Gasteiger partial charge in [-0.05, 0) is 41.5 Å². The van der Waals surface area contributed by atoms with Gasteiger partial charge < -0.3 is 15.5 Å². The maximum absolute atomic E-state index is 11.0. The summed E-state index contributed by atoms with van der Waals surface area (Å²) in [4.78, 5) is 10.3. The molecule has 1 aromatic carbocycles. The van der Waals surface area contributed by atoms with E-state index >= 15 is 0 Å². The van der Waals surface area contributed by atoms with E-state index in [4.69, 9.17) is 16.7 Å². The van der Waals surface area contributed by atoms with Crippen molar-refractivity contribution in [3.63, 3.8) is 0 Å². The SMILES string of the molecule is OCCNc1cc(-c2cc(C(O)c3ccc(Cl)cc3)c(-c3nc[nH]n3)s2)ccn1. The Labute approximate surface area is 176 Å². The molecule has 0 fully saturated rings. The van der Waals surface area contributed by atoms with Gasteiger partial charge in [-0.1, -0.05) is 23.7 Å². The summed E-state index contributed by atoms with van der Waals surface area (Å²) in [6, 6.07) is 12.9. The van der Waals surface area contributed by atoms with Gasteiger partial charge in [0, 0.05) is 28.2 Å². The first-order valence-corrected chi connectivity index (χ1v) is 10.1. The molecule has 0 bridgehead atoms. The number of aromatic amines is 1. The Morgan fingerprint density at radius 2 is 1.97 bits per heavy atom. The van der Waals surface area contributed by atoms with Crippen molar-refractivity contribution in [1.29, 1.82) is 0 Å². The van der Waals surface area contributed by atoms with E-state index in [0.29, 0.717) is 28.8 Å². The fourth-order valence-electron chi connectivity index (χ4n) is 2.93. The van der Waals surface area contributed by atoms with Gasteiger partial charge in [0.05, 0.1) is 11.5 Å². The number of rotatable bonds is 7. The zero-order chi connectivity index (χ0) is 20.2. The largest absolute Gasteiger partial charge is 0.395 e. The lowest BCUT2D eigenvalue weighted by atomic mass is 10.0. The molecule has 0 aliphatic carbocycles. The highest BCUT2D eigenvalue weighted by Gasteiger charge is 2.22. The molecular weight excluding hydrogens is 410 g/mol. The number of aliphatic hydroxyl groups excluding tert-OH is 2. The second-order valence-electron chi connectivity index (χ2n) is 6.25. The van der Waals surface area contributed by atoms with Crippen LogP contribution in [0.25, 0.3) is 21.1 Å². The highest BCUT2D eigenvalue weighted by Crippen LogP contribution is 2.41. The normalized spacial score (nSPS) is 12.1. The maximum Gasteiger partial charge on any atom is 0.191 e. The van der Waals surface area contributed by atoms with Gasteiger partial charge in [0.15, 0.2) is 5.82 Å². The third-order valence-electron chi connectivity index (χ3n) is 4.32. The molecule has 9 heteroatoms. The van der Waals surface area contributed by atoms with Gasteiger partial charge in [0.1, 0.15) is 18.2 Å². The van der Waals surface area contributed by atoms with Crippen LogP contribution in [0, 0.1) is 0 Å². The van der Waals surface area contributed by atoms with Crippen LogP contribution in [0.1, 0.15) is 17.2 Å². The number of aliphatic hydroxyl groups is 2. The molecule has 4 rings (SSSR count). The molecule has 0 spiro atoms. The summed E-state index contributed by atoms with van der Waals surface area (Å²) in [5.41, 5.74) is 2.39. The van der Waals surface area contributed by atoms with Crippen LogP contribution in [0.15, 0.2) is 55.0 Å². The fraction of sp³-hybridized carbons (Fsp3) is 0.150. The van der Waals surface area contributed by atoms with Gasteiger partial charge in [0.2, 0.25) is 0 Å². The molecule has 1 unspecified atom stereocenters. The van der Waals surface area contributed by atoms with Crippen LogP contribution in [0.4, 0.5) is 5.82 Å². The summed E-state index contributed by atoms with van der Waals surface area (Å²) in [7, 11) is 0. The van der Waals surface area contributed by atoms with Gasteiger partial charge in [-0.25, -0.2) is 9.97 Å². The molecule has 0 amide bonds. The second-order valence-corrected chi connectivity index (χ2v) is 7.74. The smallest absolute Gasteiger partial charge is 0.191 e. The van der Waals surface area contributed by atoms with E-state index in [1.165, 1.54) is 17.7 Å². The van der Waals surface area contributed by atoms with Crippen molar-refractivity contribution in [2.75, 3.05) is 18.5 Å². The standard InChI is InChI=1S/C20H18ClN5O2S/c21-14-3-1-12(2-4-14)18(28)15-10-16(29-19(15)20-24-11-25-26-20)13-5-6-22-17(9-13)23-7-8-27/h1-6,9-11,18,27-28H,7-8H2,(H,22,23)(H,24,25,26). The lowest BCUT2D eigenvalue weighted by molar-refractivity contribution is 0.221. The van der Waals surface area contributed by atoms with Crippen LogP contribution in [0.2, 0.25) is 5.02 Å². The molecule has 148 valence electrons. The van der Waals surface area contributed by atoms with E-state index in [1.54, 1.807) is 30.5 Å². The van der Waals surface area contributed by atoms with E-state index in [2.05, 4.69) is 25.5 Å². The molecule has 7 nitrogen and oxygen atoms in total. The molecule has 3 aromatic heterocycles. The van der Waals surface area contributed by atoms with Crippen molar-refractivity contribution in [1.82, 2.24) is 20.2 Å². The van der Waals surface area contributed by atoms with Gasteiger partial charge >= 0.3 is 0 Å². The predicted octanol–water partition coefficient (Wildman–Crippen LogP) is 3.73. The van der Waals surface area contributed by atoms with E-state index in [0.717, 1.165) is 20.9 Å². The molecule has 4 aromatic rings. The number of pyridine rings is 1. The zero-order valence-electron chi connectivity index (χ0n) is 15.2. The molecule has 0 saturated heterocycles. The molecule has 0 aliphatic rings. The number of thiophene rings is 1. The van der Waals surface area contributed by atoms with Crippen molar-refractivity contribution in [2.45, 2.75) is 6.10 Å². The van der Waals surface area contributed by atoms with E-state index < -0.39 is 6.10 Å². The Hall–Kier alpha value is -2.78. The third kappa shape index (κ3) is 4.30. The van der Waals surface area contributed by atoms with Gasteiger partial charge in [-0.15, -0.1) is 11.3 Å². The number of halogens is 1. The first-order chi connectivity index (χ1) is 14.2. The average Bonchev–Trinajstić information content (AvgIpc) is 3.42. The van der Waals surface area contributed by atoms with Crippen LogP contribution in [-0.4, -0.2) is 43.5 Å². The van der Waals surface area contributed by atoms with Crippen molar-refractivity contribution in [3.05, 3.63) is 71.1 Å². The Kier molecular flexibility index (Phi) is 5.86. The van der Waals surface area contributed by atoms with Crippen LogP contribution in [0.5, 0.6) is 0 Å². The highest BCUT2D eigenvalue weighted by atomic mass is 35.5. The maximum atomic E-state index is 11.0. The number of benzene rings is 1. The van der Waals surface area contributed by atoms with Gasteiger partial charge in [0.25, 0.3) is 0 Å². The molecule has 0 radical (unpaired) electrons. The summed E-state index contributed by atoms with van der Waals surface area (Å²) in [6.45, 7) is 0.446. The number of aromatic nitrogens is 4. The minimum atomic E-state index is -0.848. The monoisotopic (exact) mass is 427 g/mol. The Bertz CT molecular complexity index is 1080. The summed E-state index contributed by atoms with van der Waals surface area (Å²) < 4.78 is 0. The summed E-state index contributed by atoms with van der Waals surface area (Å²) >= 11 is 7.47. The summed E-state index contributed by atoms with van der Waals surface area (Å²) in [5, 5.41) is 30.6. The number of hydrogen-bond acceptors (Lipinski definition) is 7. The molecular formula is C20H18ClN5O2S. The van der Waals surface area contributed by atoms with Gasteiger partial charge in [-0.3, -0.25) is 5.10 Å². The Balaban J connectivity index is 1.75. The van der Waals surface area contributed by atoms with E-state index in [-0.39, 0.29) is 6.61 Å². The Morgan fingerprint density at radius 3 is 2.69 bits per heavy atom.